The van der Waals surface area contributed by atoms with Gasteiger partial charge in [-0.1, -0.05) is 0 Å². The Morgan fingerprint density at radius 2 is 1.67 bits per heavy atom. The highest BCUT2D eigenvalue weighted by Crippen LogP contribution is 2.29. The summed E-state index contributed by atoms with van der Waals surface area (Å²) >= 11 is 0. The molecule has 0 fully saturated rings. The minimum atomic E-state index is -4.44. The molecule has 0 aliphatic heterocycles. The SMILES string of the molecule is COC(=O)c1cc(F)n(CCNc2ccc(C(F)(F)F)cc2)c1C(=O)OC. The number of nitrogens with zero attached hydrogens (tertiary/aromatic N) is 1. The van der Waals surface area contributed by atoms with Gasteiger partial charge in [-0.2, -0.15) is 17.6 Å². The number of ether oxygens (including phenoxy) is 2. The van der Waals surface area contributed by atoms with Crippen molar-refractivity contribution in [1.29, 1.82) is 0 Å². The summed E-state index contributed by atoms with van der Waals surface area (Å²) in [7, 11) is 2.17. The fraction of sp³-hybridized carbons (Fsp3) is 0.294. The first-order chi connectivity index (χ1) is 12.7. The third kappa shape index (κ3) is 4.57. The van der Waals surface area contributed by atoms with E-state index in [4.69, 9.17) is 0 Å². The molecule has 0 aliphatic carbocycles. The number of nitrogens with one attached hydrogen (secondary N) is 1. The lowest BCUT2D eigenvalue weighted by Crippen LogP contribution is -2.19. The van der Waals surface area contributed by atoms with Gasteiger partial charge in [0.15, 0.2) is 5.95 Å². The molecule has 1 N–H and O–H groups in total. The highest BCUT2D eigenvalue weighted by atomic mass is 19.4. The van der Waals surface area contributed by atoms with Gasteiger partial charge in [-0.25, -0.2) is 9.59 Å². The normalized spacial score (nSPS) is 11.2. The smallest absolute Gasteiger partial charge is 0.416 e. The van der Waals surface area contributed by atoms with Crippen LogP contribution in [0.3, 0.4) is 0 Å². The second-order valence-electron chi connectivity index (χ2n) is 5.37. The minimum Gasteiger partial charge on any atom is -0.465 e. The van der Waals surface area contributed by atoms with E-state index < -0.39 is 29.6 Å². The van der Waals surface area contributed by atoms with Crippen molar-refractivity contribution in [3.63, 3.8) is 0 Å². The number of aromatic nitrogens is 1. The van der Waals surface area contributed by atoms with E-state index in [0.29, 0.717) is 5.69 Å². The summed E-state index contributed by atoms with van der Waals surface area (Å²) < 4.78 is 61.8. The molecule has 6 nitrogen and oxygen atoms in total. The number of halogens is 4. The molecule has 0 unspecified atom stereocenters. The zero-order chi connectivity index (χ0) is 20.2. The Labute approximate surface area is 151 Å². The van der Waals surface area contributed by atoms with E-state index in [0.717, 1.165) is 37.0 Å². The van der Waals surface area contributed by atoms with E-state index in [-0.39, 0.29) is 24.3 Å². The molecule has 10 heteroatoms. The second-order valence-corrected chi connectivity index (χ2v) is 5.37. The predicted molar refractivity (Wildman–Crippen MR) is 87.0 cm³/mol. The maximum absolute atomic E-state index is 14.2. The van der Waals surface area contributed by atoms with Crippen LogP contribution in [0.2, 0.25) is 0 Å². The first-order valence-corrected chi connectivity index (χ1v) is 7.65. The number of carbonyl (C=O) groups is 2. The van der Waals surface area contributed by atoms with E-state index in [2.05, 4.69) is 14.8 Å². The standard InChI is InChI=1S/C17H16F4N2O4/c1-26-15(24)12-9-13(18)23(14(12)16(25)27-2)8-7-22-11-5-3-10(4-6-11)17(19,20)21/h3-6,9,22H,7-8H2,1-2H3. The van der Waals surface area contributed by atoms with E-state index in [9.17, 15) is 27.2 Å². The van der Waals surface area contributed by atoms with Gasteiger partial charge >= 0.3 is 18.1 Å². The molecule has 0 aliphatic rings. The largest absolute Gasteiger partial charge is 0.465 e. The molecular formula is C17H16F4N2O4. The van der Waals surface area contributed by atoms with E-state index in [1.54, 1.807) is 0 Å². The van der Waals surface area contributed by atoms with Crippen molar-refractivity contribution >= 4 is 17.6 Å². The van der Waals surface area contributed by atoms with Crippen molar-refractivity contribution in [1.82, 2.24) is 4.57 Å². The van der Waals surface area contributed by atoms with Gasteiger partial charge < -0.3 is 19.4 Å². The first kappa shape index (κ1) is 20.3. The fourth-order valence-electron chi connectivity index (χ4n) is 2.41. The van der Waals surface area contributed by atoms with Gasteiger partial charge in [-0.15, -0.1) is 0 Å². The van der Waals surface area contributed by atoms with Crippen molar-refractivity contribution in [2.45, 2.75) is 12.7 Å². The van der Waals surface area contributed by atoms with Crippen LogP contribution in [0, 0.1) is 5.95 Å². The molecule has 0 bridgehead atoms. The summed E-state index contributed by atoms with van der Waals surface area (Å²) in [5, 5.41) is 2.81. The Morgan fingerprint density at radius 1 is 1.07 bits per heavy atom. The van der Waals surface area contributed by atoms with Crippen LogP contribution < -0.4 is 5.32 Å². The van der Waals surface area contributed by atoms with E-state index >= 15 is 0 Å². The summed E-state index contributed by atoms with van der Waals surface area (Å²) in [5.74, 6) is -2.68. The summed E-state index contributed by atoms with van der Waals surface area (Å²) in [6, 6.07) is 5.14. The lowest BCUT2D eigenvalue weighted by Gasteiger charge is -2.12. The van der Waals surface area contributed by atoms with Crippen LogP contribution in [0.15, 0.2) is 30.3 Å². The van der Waals surface area contributed by atoms with Crippen LogP contribution in [0.4, 0.5) is 23.2 Å². The van der Waals surface area contributed by atoms with Gasteiger partial charge in [-0.3, -0.25) is 0 Å². The van der Waals surface area contributed by atoms with E-state index in [1.807, 2.05) is 0 Å². The molecule has 0 amide bonds. The Bertz CT molecular complexity index is 829. The number of carbonyl (C=O) groups excluding carboxylic acids is 2. The highest BCUT2D eigenvalue weighted by molar-refractivity contribution is 6.02. The molecule has 0 saturated carbocycles. The van der Waals surface area contributed by atoms with Crippen molar-refractivity contribution in [3.8, 4) is 0 Å². The minimum absolute atomic E-state index is 0.0710. The highest BCUT2D eigenvalue weighted by Gasteiger charge is 2.30. The number of esters is 2. The van der Waals surface area contributed by atoms with Gasteiger partial charge in [0.2, 0.25) is 0 Å². The third-order valence-electron chi connectivity index (χ3n) is 3.71. The number of hydrogen-bond acceptors (Lipinski definition) is 5. The van der Waals surface area contributed by atoms with Gasteiger partial charge in [0.1, 0.15) is 5.69 Å². The molecule has 1 aromatic heterocycles. The van der Waals surface area contributed by atoms with Crippen LogP contribution in [0.1, 0.15) is 26.4 Å². The fourth-order valence-corrected chi connectivity index (χ4v) is 2.41. The van der Waals surface area contributed by atoms with Gasteiger partial charge in [0.25, 0.3) is 0 Å². The Morgan fingerprint density at radius 3 is 2.19 bits per heavy atom. The molecule has 27 heavy (non-hydrogen) atoms. The van der Waals surface area contributed by atoms with Crippen LogP contribution in [0.5, 0.6) is 0 Å². The van der Waals surface area contributed by atoms with Crippen LogP contribution >= 0.6 is 0 Å². The van der Waals surface area contributed by atoms with Crippen LogP contribution in [-0.4, -0.2) is 37.3 Å². The van der Waals surface area contributed by atoms with Crippen molar-refractivity contribution < 1.29 is 36.6 Å². The maximum atomic E-state index is 14.2. The zero-order valence-electron chi connectivity index (χ0n) is 14.4. The Hall–Kier alpha value is -3.04. The monoisotopic (exact) mass is 388 g/mol. The Balaban J connectivity index is 2.14. The first-order valence-electron chi connectivity index (χ1n) is 7.65. The molecule has 1 heterocycles. The molecule has 0 saturated heterocycles. The van der Waals surface area contributed by atoms with Crippen molar-refractivity contribution in [2.24, 2.45) is 0 Å². The summed E-state index contributed by atoms with van der Waals surface area (Å²) in [4.78, 5) is 23.6. The number of benzene rings is 1. The number of rotatable bonds is 6. The van der Waals surface area contributed by atoms with Crippen LogP contribution in [0.25, 0.3) is 0 Å². The second kappa shape index (κ2) is 8.11. The van der Waals surface area contributed by atoms with Gasteiger partial charge in [0.05, 0.1) is 25.3 Å². The summed E-state index contributed by atoms with van der Waals surface area (Å²) in [6.45, 7) is -0.0180. The molecule has 0 atom stereocenters. The van der Waals surface area contributed by atoms with Crippen LogP contribution in [-0.2, 0) is 22.2 Å². The number of methoxy groups -OCH3 is 2. The van der Waals surface area contributed by atoms with Gasteiger partial charge in [-0.05, 0) is 24.3 Å². The molecule has 2 aromatic rings. The van der Waals surface area contributed by atoms with E-state index in [1.165, 1.54) is 12.1 Å². The number of hydrogen-bond donors (Lipinski definition) is 1. The molecule has 0 spiro atoms. The van der Waals surface area contributed by atoms with Crippen molar-refractivity contribution in [2.75, 3.05) is 26.1 Å². The quantitative estimate of drug-likeness (QED) is 0.607. The van der Waals surface area contributed by atoms with Gasteiger partial charge in [0, 0.05) is 24.8 Å². The molecule has 2 rings (SSSR count). The molecule has 146 valence electrons. The lowest BCUT2D eigenvalue weighted by molar-refractivity contribution is -0.137. The Kier molecular flexibility index (Phi) is 6.09. The number of anilines is 1. The third-order valence-corrected chi connectivity index (χ3v) is 3.71. The molecule has 1 aromatic carbocycles. The molecule has 0 radical (unpaired) electrons. The zero-order valence-corrected chi connectivity index (χ0v) is 14.4. The summed E-state index contributed by atoms with van der Waals surface area (Å²) in [6.07, 6.45) is -4.44. The summed E-state index contributed by atoms with van der Waals surface area (Å²) in [5.41, 5.74) is -1.00. The number of alkyl halides is 3. The van der Waals surface area contributed by atoms with Crippen molar-refractivity contribution in [3.05, 3.63) is 53.1 Å². The maximum Gasteiger partial charge on any atom is 0.416 e. The molecular weight excluding hydrogens is 372 g/mol. The predicted octanol–water partition coefficient (Wildman–Crippen LogP) is 3.33. The average Bonchev–Trinajstić information content (AvgIpc) is 2.96. The average molecular weight is 388 g/mol. The topological polar surface area (TPSA) is 69.6 Å². The lowest BCUT2D eigenvalue weighted by atomic mass is 10.2.